The smallest absolute Gasteiger partial charge is 0.426 e. The fourth-order valence-corrected chi connectivity index (χ4v) is 2.80. The summed E-state index contributed by atoms with van der Waals surface area (Å²) in [7, 11) is -1.68. The lowest BCUT2D eigenvalue weighted by molar-refractivity contribution is -0.130. The number of hydrogen-bond donors (Lipinski definition) is 4. The number of aromatic nitrogens is 2. The minimum absolute atomic E-state index is 0.154. The Kier molecular flexibility index (Phi) is 7.08. The van der Waals surface area contributed by atoms with Crippen LogP contribution in [0.25, 0.3) is 0 Å². The van der Waals surface area contributed by atoms with Crippen LogP contribution >= 0.6 is 0 Å². The van der Waals surface area contributed by atoms with E-state index in [0.29, 0.717) is 19.4 Å². The first-order valence-corrected chi connectivity index (χ1v) is 8.90. The van der Waals surface area contributed by atoms with Gasteiger partial charge in [0.15, 0.2) is 5.82 Å². The molecule has 27 heavy (non-hydrogen) atoms. The van der Waals surface area contributed by atoms with Gasteiger partial charge in [0.25, 0.3) is 0 Å². The number of anilines is 1. The fraction of sp³-hybridized carbons (Fsp3) is 0.625. The van der Waals surface area contributed by atoms with Crippen molar-refractivity contribution >= 4 is 24.9 Å². The molecular weight excluding hydrogens is 356 g/mol. The van der Waals surface area contributed by atoms with Gasteiger partial charge in [0.2, 0.25) is 17.8 Å². The monoisotopic (exact) mass is 381 g/mol. The highest BCUT2D eigenvalue weighted by molar-refractivity contribution is 6.43. The summed E-state index contributed by atoms with van der Waals surface area (Å²) in [6.45, 7) is 5.86. The number of halogens is 1. The second kappa shape index (κ2) is 9.09. The Morgan fingerprint density at radius 2 is 1.93 bits per heavy atom. The highest BCUT2D eigenvalue weighted by atomic mass is 19.1. The van der Waals surface area contributed by atoms with Crippen LogP contribution < -0.4 is 15.5 Å². The number of nitrogens with one attached hydrogen (secondary N) is 2. The number of nitrogens with zero attached hydrogens (tertiary/aromatic N) is 3. The number of hydrogen-bond acceptors (Lipinski definition) is 7. The van der Waals surface area contributed by atoms with Crippen LogP contribution in [-0.4, -0.2) is 63.5 Å². The van der Waals surface area contributed by atoms with Crippen molar-refractivity contribution < 1.29 is 24.0 Å². The average Bonchev–Trinajstić information content (AvgIpc) is 2.54. The molecule has 1 fully saturated rings. The zero-order chi connectivity index (χ0) is 20.1. The molecule has 9 nitrogen and oxygen atoms in total. The van der Waals surface area contributed by atoms with E-state index in [4.69, 9.17) is 0 Å². The molecule has 1 aliphatic heterocycles. The molecular formula is C16H25BFN5O4. The van der Waals surface area contributed by atoms with Gasteiger partial charge < -0.3 is 25.6 Å². The second-order valence-corrected chi connectivity index (χ2v) is 7.09. The molecule has 0 spiro atoms. The second-order valence-electron chi connectivity index (χ2n) is 7.09. The molecule has 0 aliphatic carbocycles. The van der Waals surface area contributed by atoms with E-state index in [2.05, 4.69) is 20.6 Å². The van der Waals surface area contributed by atoms with E-state index in [0.717, 1.165) is 12.4 Å². The van der Waals surface area contributed by atoms with E-state index >= 15 is 0 Å². The molecule has 0 saturated carbocycles. The maximum absolute atomic E-state index is 12.9. The summed E-state index contributed by atoms with van der Waals surface area (Å²) in [5.74, 6) is -1.86. The Hall–Kier alpha value is -2.27. The number of carbonyl (C=O) groups excluding carboxylic acids is 2. The maximum Gasteiger partial charge on any atom is 0.475 e. The third-order valence-electron chi connectivity index (χ3n) is 4.35. The van der Waals surface area contributed by atoms with Crippen molar-refractivity contribution in [2.45, 2.75) is 51.6 Å². The molecule has 2 heterocycles. The first kappa shape index (κ1) is 21.0. The predicted molar refractivity (Wildman–Crippen MR) is 96.9 cm³/mol. The third-order valence-corrected chi connectivity index (χ3v) is 4.35. The number of carbonyl (C=O) groups is 2. The summed E-state index contributed by atoms with van der Waals surface area (Å²) in [6, 6.07) is -1.40. The fourth-order valence-electron chi connectivity index (χ4n) is 2.80. The molecule has 1 aliphatic rings. The number of rotatable bonds is 8. The van der Waals surface area contributed by atoms with E-state index in [9.17, 15) is 24.0 Å². The molecule has 0 radical (unpaired) electrons. The highest BCUT2D eigenvalue weighted by Gasteiger charge is 2.37. The van der Waals surface area contributed by atoms with Gasteiger partial charge in [-0.15, -0.1) is 0 Å². The van der Waals surface area contributed by atoms with Crippen LogP contribution in [0.5, 0.6) is 0 Å². The molecule has 1 unspecified atom stereocenters. The Balaban J connectivity index is 1.90. The summed E-state index contributed by atoms with van der Waals surface area (Å²) in [4.78, 5) is 34.0. The Morgan fingerprint density at radius 3 is 2.41 bits per heavy atom. The molecule has 2 rings (SSSR count). The van der Waals surface area contributed by atoms with Crippen LogP contribution in [0.1, 0.15) is 33.6 Å². The Morgan fingerprint density at radius 1 is 1.30 bits per heavy atom. The Labute approximate surface area is 157 Å². The predicted octanol–water partition coefficient (Wildman–Crippen LogP) is -0.758. The lowest BCUT2D eigenvalue weighted by Gasteiger charge is -2.40. The standard InChI is InChI=1S/C16H25BFN5O4/c1-9(2)6-13(17(26)27)22-14(24)10(3)21-15(25)12-4-5-23(12)16-19-7-11(18)8-20-16/h7-10,12-13,26-27H,4-6H2,1-3H3,(H,21,25)(H,22,24)/t10-,12-,13?/m0/s1. The topological polar surface area (TPSA) is 128 Å². The van der Waals surface area contributed by atoms with Crippen LogP contribution in [-0.2, 0) is 9.59 Å². The normalized spacial score (nSPS) is 18.5. The minimum atomic E-state index is -1.68. The van der Waals surface area contributed by atoms with Crippen molar-refractivity contribution in [1.29, 1.82) is 0 Å². The molecule has 3 atom stereocenters. The van der Waals surface area contributed by atoms with Crippen LogP contribution in [0.3, 0.4) is 0 Å². The van der Waals surface area contributed by atoms with Gasteiger partial charge in [-0.05, 0) is 25.7 Å². The van der Waals surface area contributed by atoms with Gasteiger partial charge >= 0.3 is 7.12 Å². The zero-order valence-electron chi connectivity index (χ0n) is 15.6. The molecule has 1 aromatic rings. The molecule has 4 N–H and O–H groups in total. The van der Waals surface area contributed by atoms with E-state index < -0.39 is 36.9 Å². The van der Waals surface area contributed by atoms with Crippen molar-refractivity contribution in [3.63, 3.8) is 0 Å². The largest absolute Gasteiger partial charge is 0.475 e. The van der Waals surface area contributed by atoms with Crippen LogP contribution in [0.4, 0.5) is 10.3 Å². The van der Waals surface area contributed by atoms with E-state index in [-0.39, 0.29) is 17.8 Å². The molecule has 148 valence electrons. The third kappa shape index (κ3) is 5.60. The van der Waals surface area contributed by atoms with Gasteiger partial charge in [0.05, 0.1) is 18.3 Å². The molecule has 1 saturated heterocycles. The highest BCUT2D eigenvalue weighted by Crippen LogP contribution is 2.22. The number of amides is 2. The molecule has 2 amide bonds. The van der Waals surface area contributed by atoms with Gasteiger partial charge in [0, 0.05) is 6.54 Å². The van der Waals surface area contributed by atoms with E-state index in [1.165, 1.54) is 6.92 Å². The first-order chi connectivity index (χ1) is 12.7. The van der Waals surface area contributed by atoms with Gasteiger partial charge in [-0.25, -0.2) is 14.4 Å². The van der Waals surface area contributed by atoms with Crippen molar-refractivity contribution in [3.8, 4) is 0 Å². The van der Waals surface area contributed by atoms with E-state index in [1.807, 2.05) is 13.8 Å². The quantitative estimate of drug-likeness (QED) is 0.436. The summed E-state index contributed by atoms with van der Waals surface area (Å²) in [5, 5.41) is 23.9. The van der Waals surface area contributed by atoms with Crippen molar-refractivity contribution in [1.82, 2.24) is 20.6 Å². The van der Waals surface area contributed by atoms with E-state index in [1.54, 1.807) is 4.90 Å². The summed E-state index contributed by atoms with van der Waals surface area (Å²) >= 11 is 0. The Bertz CT molecular complexity index is 661. The first-order valence-electron chi connectivity index (χ1n) is 8.90. The maximum atomic E-state index is 12.9. The van der Waals surface area contributed by atoms with Gasteiger partial charge in [-0.1, -0.05) is 13.8 Å². The summed E-state index contributed by atoms with van der Waals surface area (Å²) in [6.07, 6.45) is 3.01. The van der Waals surface area contributed by atoms with Crippen molar-refractivity contribution in [2.24, 2.45) is 5.92 Å². The zero-order valence-corrected chi connectivity index (χ0v) is 15.6. The van der Waals surface area contributed by atoms with Crippen LogP contribution in [0.2, 0.25) is 0 Å². The lowest BCUT2D eigenvalue weighted by Crippen LogP contribution is -2.60. The van der Waals surface area contributed by atoms with Gasteiger partial charge in [-0.2, -0.15) is 0 Å². The molecule has 1 aromatic heterocycles. The lowest BCUT2D eigenvalue weighted by atomic mass is 9.75. The average molecular weight is 381 g/mol. The molecule has 0 aromatic carbocycles. The minimum Gasteiger partial charge on any atom is -0.426 e. The van der Waals surface area contributed by atoms with Crippen molar-refractivity contribution in [3.05, 3.63) is 18.2 Å². The summed E-state index contributed by atoms with van der Waals surface area (Å²) < 4.78 is 12.9. The van der Waals surface area contributed by atoms with Gasteiger partial charge in [-0.3, -0.25) is 9.59 Å². The summed E-state index contributed by atoms with van der Waals surface area (Å²) in [5.41, 5.74) is 0. The molecule has 11 heteroatoms. The molecule has 0 bridgehead atoms. The SMILES string of the molecule is CC(C)CC(NC(=O)[C@H](C)NC(=O)[C@@H]1CCN1c1ncc(F)cn1)B(O)O. The van der Waals surface area contributed by atoms with Crippen LogP contribution in [0, 0.1) is 11.7 Å². The van der Waals surface area contributed by atoms with Crippen molar-refractivity contribution in [2.75, 3.05) is 11.4 Å². The van der Waals surface area contributed by atoms with Crippen LogP contribution in [0.15, 0.2) is 12.4 Å². The van der Waals surface area contributed by atoms with Gasteiger partial charge in [0.1, 0.15) is 12.1 Å².